The Morgan fingerprint density at radius 2 is 2.20 bits per heavy atom. The van der Waals surface area contributed by atoms with Gasteiger partial charge in [0.25, 0.3) is 0 Å². The van der Waals surface area contributed by atoms with E-state index in [2.05, 4.69) is 0 Å². The fourth-order valence-electron chi connectivity index (χ4n) is 0.922. The summed E-state index contributed by atoms with van der Waals surface area (Å²) in [5.74, 6) is 0.0455. The van der Waals surface area contributed by atoms with E-state index in [0.29, 0.717) is 6.04 Å². The molecule has 1 atom stereocenters. The normalized spacial score (nSPS) is 20.3. The van der Waals surface area contributed by atoms with Crippen molar-refractivity contribution >= 4 is 17.5 Å². The van der Waals surface area contributed by atoms with E-state index in [1.54, 1.807) is 11.8 Å². The molecular weight excluding hydrogens is 150 g/mol. The Kier molecular flexibility index (Phi) is 2.19. The first-order chi connectivity index (χ1) is 4.63. The summed E-state index contributed by atoms with van der Waals surface area (Å²) < 4.78 is 0. The number of amides is 1. The number of carbonyl (C=O) groups excluding carboxylic acids is 1. The molecule has 1 aliphatic carbocycles. The summed E-state index contributed by atoms with van der Waals surface area (Å²) in [7, 11) is 1.82. The molecule has 2 nitrogen and oxygen atoms in total. The van der Waals surface area contributed by atoms with Gasteiger partial charge in [0.1, 0.15) is 5.38 Å². The van der Waals surface area contributed by atoms with Gasteiger partial charge < -0.3 is 4.90 Å². The lowest BCUT2D eigenvalue weighted by atomic mass is 10.4. The molecule has 58 valence electrons. The summed E-state index contributed by atoms with van der Waals surface area (Å²) in [6, 6.07) is 0.480. The van der Waals surface area contributed by atoms with Crippen LogP contribution in [0.2, 0.25) is 0 Å². The summed E-state index contributed by atoms with van der Waals surface area (Å²) in [6.45, 7) is 1.71. The van der Waals surface area contributed by atoms with Crippen LogP contribution in [0, 0.1) is 0 Å². The first-order valence-corrected chi connectivity index (χ1v) is 3.97. The van der Waals surface area contributed by atoms with Crippen molar-refractivity contribution in [2.45, 2.75) is 31.2 Å². The van der Waals surface area contributed by atoms with Crippen LogP contribution in [0.1, 0.15) is 19.8 Å². The minimum atomic E-state index is -0.370. The van der Waals surface area contributed by atoms with E-state index < -0.39 is 0 Å². The van der Waals surface area contributed by atoms with Crippen molar-refractivity contribution in [1.82, 2.24) is 4.90 Å². The lowest BCUT2D eigenvalue weighted by Gasteiger charge is -2.16. The largest absolute Gasteiger partial charge is 0.342 e. The van der Waals surface area contributed by atoms with Gasteiger partial charge in [-0.2, -0.15) is 0 Å². The smallest absolute Gasteiger partial charge is 0.240 e. The van der Waals surface area contributed by atoms with E-state index >= 15 is 0 Å². The molecule has 0 heterocycles. The van der Waals surface area contributed by atoms with Crippen molar-refractivity contribution in [1.29, 1.82) is 0 Å². The third kappa shape index (κ3) is 1.63. The van der Waals surface area contributed by atoms with E-state index in [-0.39, 0.29) is 11.3 Å². The fourth-order valence-corrected chi connectivity index (χ4v) is 1.08. The van der Waals surface area contributed by atoms with Crippen LogP contribution < -0.4 is 0 Å². The second-order valence-electron chi connectivity index (χ2n) is 2.80. The number of halogens is 1. The van der Waals surface area contributed by atoms with Gasteiger partial charge in [-0.1, -0.05) is 0 Å². The first-order valence-electron chi connectivity index (χ1n) is 3.53. The standard InChI is InChI=1S/C7H12ClNO/c1-5(8)7(10)9(2)6-3-4-6/h5-6H,3-4H2,1-2H3. The van der Waals surface area contributed by atoms with Crippen molar-refractivity contribution in [3.8, 4) is 0 Å². The Balaban J connectivity index is 2.38. The number of nitrogens with zero attached hydrogens (tertiary/aromatic N) is 1. The number of hydrogen-bond acceptors (Lipinski definition) is 1. The third-order valence-corrected chi connectivity index (χ3v) is 1.97. The Hall–Kier alpha value is -0.240. The lowest BCUT2D eigenvalue weighted by molar-refractivity contribution is -0.129. The van der Waals surface area contributed by atoms with Crippen LogP contribution in [0.4, 0.5) is 0 Å². The van der Waals surface area contributed by atoms with Gasteiger partial charge in [0.15, 0.2) is 0 Å². The minimum absolute atomic E-state index is 0.0455. The molecule has 1 amide bonds. The summed E-state index contributed by atoms with van der Waals surface area (Å²) in [5.41, 5.74) is 0. The molecule has 1 fully saturated rings. The van der Waals surface area contributed by atoms with Crippen molar-refractivity contribution < 1.29 is 4.79 Å². The SMILES string of the molecule is CC(Cl)C(=O)N(C)C1CC1. The van der Waals surface area contributed by atoms with Gasteiger partial charge in [0, 0.05) is 13.1 Å². The van der Waals surface area contributed by atoms with Crippen LogP contribution in [0.15, 0.2) is 0 Å². The maximum absolute atomic E-state index is 11.1. The van der Waals surface area contributed by atoms with E-state index in [9.17, 15) is 4.79 Å². The van der Waals surface area contributed by atoms with Crippen LogP contribution in [0.3, 0.4) is 0 Å². The van der Waals surface area contributed by atoms with E-state index in [1.165, 1.54) is 0 Å². The highest BCUT2D eigenvalue weighted by atomic mass is 35.5. The van der Waals surface area contributed by atoms with Gasteiger partial charge in [-0.15, -0.1) is 11.6 Å². The average Bonchev–Trinajstić information content (AvgIpc) is 2.65. The van der Waals surface area contributed by atoms with Crippen LogP contribution >= 0.6 is 11.6 Å². The summed E-state index contributed by atoms with van der Waals surface area (Å²) >= 11 is 5.60. The molecule has 1 unspecified atom stereocenters. The van der Waals surface area contributed by atoms with Gasteiger partial charge in [-0.25, -0.2) is 0 Å². The van der Waals surface area contributed by atoms with Gasteiger partial charge in [0.2, 0.25) is 5.91 Å². The van der Waals surface area contributed by atoms with Crippen LogP contribution in [-0.2, 0) is 4.79 Å². The van der Waals surface area contributed by atoms with Gasteiger partial charge >= 0.3 is 0 Å². The highest BCUT2D eigenvalue weighted by molar-refractivity contribution is 6.30. The van der Waals surface area contributed by atoms with Crippen molar-refractivity contribution in [2.75, 3.05) is 7.05 Å². The second kappa shape index (κ2) is 2.79. The molecule has 1 saturated carbocycles. The number of alkyl halides is 1. The third-order valence-electron chi connectivity index (χ3n) is 1.78. The van der Waals surface area contributed by atoms with Gasteiger partial charge in [-0.3, -0.25) is 4.79 Å². The molecule has 10 heavy (non-hydrogen) atoms. The van der Waals surface area contributed by atoms with E-state index in [4.69, 9.17) is 11.6 Å². The average molecular weight is 162 g/mol. The molecule has 3 heteroatoms. The molecule has 1 aliphatic rings. The quantitative estimate of drug-likeness (QED) is 0.558. The monoisotopic (exact) mass is 161 g/mol. The van der Waals surface area contributed by atoms with Gasteiger partial charge in [0.05, 0.1) is 0 Å². The molecule has 1 rings (SSSR count). The second-order valence-corrected chi connectivity index (χ2v) is 3.45. The molecule has 0 aromatic heterocycles. The predicted octanol–water partition coefficient (Wildman–Crippen LogP) is 1.23. The molecule has 0 aromatic carbocycles. The highest BCUT2D eigenvalue weighted by Gasteiger charge is 2.30. The Labute approximate surface area is 66.1 Å². The number of rotatable bonds is 2. The highest BCUT2D eigenvalue weighted by Crippen LogP contribution is 2.26. The van der Waals surface area contributed by atoms with Crippen LogP contribution in [0.25, 0.3) is 0 Å². The van der Waals surface area contributed by atoms with Crippen molar-refractivity contribution in [3.05, 3.63) is 0 Å². The molecule has 0 spiro atoms. The molecule has 0 saturated heterocycles. The molecule has 0 aliphatic heterocycles. The molecule has 0 radical (unpaired) electrons. The Morgan fingerprint density at radius 1 is 1.70 bits per heavy atom. The summed E-state index contributed by atoms with van der Waals surface area (Å²) in [4.78, 5) is 12.9. The van der Waals surface area contributed by atoms with E-state index in [0.717, 1.165) is 12.8 Å². The molecular formula is C7H12ClNO. The van der Waals surface area contributed by atoms with Gasteiger partial charge in [-0.05, 0) is 19.8 Å². The Bertz CT molecular complexity index is 143. The summed E-state index contributed by atoms with van der Waals surface area (Å²) in [6.07, 6.45) is 2.29. The zero-order valence-electron chi connectivity index (χ0n) is 6.30. The molecule has 0 bridgehead atoms. The van der Waals surface area contributed by atoms with Crippen molar-refractivity contribution in [3.63, 3.8) is 0 Å². The van der Waals surface area contributed by atoms with Crippen molar-refractivity contribution in [2.24, 2.45) is 0 Å². The molecule has 0 N–H and O–H groups in total. The van der Waals surface area contributed by atoms with Crippen LogP contribution in [0.5, 0.6) is 0 Å². The maximum atomic E-state index is 11.1. The number of carbonyl (C=O) groups is 1. The van der Waals surface area contributed by atoms with Crippen LogP contribution in [-0.4, -0.2) is 29.3 Å². The topological polar surface area (TPSA) is 20.3 Å². The number of hydrogen-bond donors (Lipinski definition) is 0. The zero-order chi connectivity index (χ0) is 7.72. The zero-order valence-corrected chi connectivity index (χ0v) is 7.06. The predicted molar refractivity (Wildman–Crippen MR) is 41.1 cm³/mol. The molecule has 0 aromatic rings. The summed E-state index contributed by atoms with van der Waals surface area (Å²) in [5, 5.41) is -0.370. The maximum Gasteiger partial charge on any atom is 0.240 e. The Morgan fingerprint density at radius 3 is 2.50 bits per heavy atom. The fraction of sp³-hybridized carbons (Fsp3) is 0.857. The van der Waals surface area contributed by atoms with E-state index in [1.807, 2.05) is 7.05 Å². The lowest BCUT2D eigenvalue weighted by Crippen LogP contribution is -2.33. The minimum Gasteiger partial charge on any atom is -0.342 e. The first kappa shape index (κ1) is 7.86.